The van der Waals surface area contributed by atoms with Crippen molar-refractivity contribution in [1.29, 1.82) is 0 Å². The predicted octanol–water partition coefficient (Wildman–Crippen LogP) is 13.8. The van der Waals surface area contributed by atoms with Gasteiger partial charge in [-0.1, -0.05) is 132 Å². The molecule has 0 saturated carbocycles. The summed E-state index contributed by atoms with van der Waals surface area (Å²) in [6, 6.07) is 30.0. The summed E-state index contributed by atoms with van der Waals surface area (Å²) in [6.45, 7) is -1.44. The molecular formula is C51H56F4N4O2. The van der Waals surface area contributed by atoms with E-state index in [-0.39, 0.29) is 23.3 Å². The number of benzene rings is 4. The average Bonchev–Trinajstić information content (AvgIpc) is 3.27. The molecule has 0 aliphatic heterocycles. The minimum absolute atomic E-state index is 0.0758. The smallest absolute Gasteiger partial charge is 0.387 e. The Bertz CT molecular complexity index is 2150. The highest BCUT2D eigenvalue weighted by atomic mass is 19.3. The maximum Gasteiger partial charge on any atom is 0.387 e. The molecule has 0 spiro atoms. The number of hydrogen-bond donors (Lipinski definition) is 0. The molecule has 0 aliphatic rings. The SMILES string of the molecule is CCCCCCCc1cnc(-c2ccc(CC(c3ccc(OC(F)F)cc3)C(Cc3ccc(OC(F)F)cc3)c3ccc(-c4ncc(CCCCCC)cn4)cc3)cc2)nc1. The van der Waals surface area contributed by atoms with Crippen LogP contribution in [0.4, 0.5) is 17.6 Å². The van der Waals surface area contributed by atoms with Gasteiger partial charge in [0.25, 0.3) is 0 Å². The third-order valence-electron chi connectivity index (χ3n) is 11.2. The number of aromatic nitrogens is 4. The summed E-state index contributed by atoms with van der Waals surface area (Å²) < 4.78 is 61.8. The van der Waals surface area contributed by atoms with E-state index in [4.69, 9.17) is 4.74 Å². The van der Waals surface area contributed by atoms with Crippen molar-refractivity contribution >= 4 is 0 Å². The minimum atomic E-state index is -2.94. The van der Waals surface area contributed by atoms with E-state index < -0.39 is 13.2 Å². The Morgan fingerprint density at radius 1 is 0.410 bits per heavy atom. The third kappa shape index (κ3) is 13.9. The fourth-order valence-electron chi connectivity index (χ4n) is 7.82. The standard InChI is InChI=1S/C51H56F4N4O2/c1-3-5-7-9-11-13-39-34-56-48(57-35-39)42-18-14-36(15-19-42)30-47(41-24-28-45(29-25-41)61-51(54)55)46(31-37-16-26-44(27-17-37)60-50(52)53)40-20-22-43(23-21-40)49-58-32-38(33-59-49)12-10-8-6-4-2/h14-29,32-35,46-47,50-51H,3-13,30-31H2,1-2H3. The number of rotatable bonds is 24. The van der Waals surface area contributed by atoms with Gasteiger partial charge in [0.2, 0.25) is 0 Å². The summed E-state index contributed by atoms with van der Waals surface area (Å²) >= 11 is 0. The van der Waals surface area contributed by atoms with Crippen molar-refractivity contribution in [1.82, 2.24) is 19.9 Å². The summed E-state index contributed by atoms with van der Waals surface area (Å²) in [5, 5.41) is 0. The van der Waals surface area contributed by atoms with E-state index in [0.717, 1.165) is 70.2 Å². The van der Waals surface area contributed by atoms with Gasteiger partial charge in [0.05, 0.1) is 0 Å². The second kappa shape index (κ2) is 23.4. The highest BCUT2D eigenvalue weighted by molar-refractivity contribution is 5.57. The monoisotopic (exact) mass is 832 g/mol. The van der Waals surface area contributed by atoms with E-state index in [0.29, 0.717) is 24.5 Å². The van der Waals surface area contributed by atoms with Crippen molar-refractivity contribution in [2.24, 2.45) is 0 Å². The average molecular weight is 833 g/mol. The largest absolute Gasteiger partial charge is 0.435 e. The van der Waals surface area contributed by atoms with Gasteiger partial charge in [0, 0.05) is 35.9 Å². The third-order valence-corrected chi connectivity index (χ3v) is 11.2. The Labute approximate surface area is 357 Å². The van der Waals surface area contributed by atoms with Gasteiger partial charge in [-0.25, -0.2) is 19.9 Å². The van der Waals surface area contributed by atoms with Gasteiger partial charge in [-0.2, -0.15) is 17.6 Å². The van der Waals surface area contributed by atoms with Gasteiger partial charge in [-0.15, -0.1) is 0 Å². The number of hydrogen-bond acceptors (Lipinski definition) is 6. The molecule has 0 fully saturated rings. The zero-order chi connectivity index (χ0) is 42.8. The zero-order valence-electron chi connectivity index (χ0n) is 35.2. The van der Waals surface area contributed by atoms with E-state index in [1.54, 1.807) is 36.4 Å². The summed E-state index contributed by atoms with van der Waals surface area (Å²) in [5.74, 6) is 1.18. The van der Waals surface area contributed by atoms with Crippen LogP contribution in [0.5, 0.6) is 11.5 Å². The number of unbranched alkanes of at least 4 members (excludes halogenated alkanes) is 7. The molecule has 10 heteroatoms. The Morgan fingerprint density at radius 2 is 0.754 bits per heavy atom. The van der Waals surface area contributed by atoms with Gasteiger partial charge >= 0.3 is 13.2 Å². The molecule has 0 N–H and O–H groups in total. The van der Waals surface area contributed by atoms with Gasteiger partial charge in [0.1, 0.15) is 11.5 Å². The van der Waals surface area contributed by atoms with Gasteiger partial charge in [-0.3, -0.25) is 0 Å². The molecule has 6 nitrogen and oxygen atoms in total. The number of aryl methyl sites for hydroxylation is 2. The van der Waals surface area contributed by atoms with Crippen molar-refractivity contribution < 1.29 is 27.0 Å². The Morgan fingerprint density at radius 3 is 1.16 bits per heavy atom. The molecule has 6 rings (SSSR count). The molecule has 0 aliphatic carbocycles. The Kier molecular flexibility index (Phi) is 17.2. The van der Waals surface area contributed by atoms with E-state index in [1.165, 1.54) is 44.9 Å². The second-order valence-electron chi connectivity index (χ2n) is 15.7. The molecule has 2 heterocycles. The van der Waals surface area contributed by atoms with Gasteiger partial charge in [0.15, 0.2) is 11.6 Å². The van der Waals surface area contributed by atoms with E-state index in [9.17, 15) is 17.6 Å². The van der Waals surface area contributed by atoms with Crippen LogP contribution in [0.25, 0.3) is 22.8 Å². The lowest BCUT2D eigenvalue weighted by molar-refractivity contribution is -0.0505. The van der Waals surface area contributed by atoms with Crippen molar-refractivity contribution in [3.05, 3.63) is 155 Å². The molecule has 0 radical (unpaired) electrons. The summed E-state index contributed by atoms with van der Waals surface area (Å²) in [4.78, 5) is 18.7. The number of halogens is 4. The maximum absolute atomic E-state index is 13.2. The van der Waals surface area contributed by atoms with E-state index in [1.807, 2.05) is 61.2 Å². The number of nitrogens with zero attached hydrogens (tertiary/aromatic N) is 4. The lowest BCUT2D eigenvalue weighted by Crippen LogP contribution is -2.17. The maximum atomic E-state index is 13.2. The molecule has 2 unspecified atom stereocenters. The van der Waals surface area contributed by atoms with Crippen LogP contribution in [-0.2, 0) is 25.7 Å². The molecule has 4 aromatic carbocycles. The zero-order valence-corrected chi connectivity index (χ0v) is 35.2. The molecule has 2 aromatic heterocycles. The lowest BCUT2D eigenvalue weighted by atomic mass is 9.75. The fraction of sp³-hybridized carbons (Fsp3) is 0.373. The van der Waals surface area contributed by atoms with E-state index >= 15 is 0 Å². The molecule has 6 aromatic rings. The van der Waals surface area contributed by atoms with Crippen LogP contribution < -0.4 is 9.47 Å². The van der Waals surface area contributed by atoms with Crippen molar-refractivity contribution in [3.8, 4) is 34.3 Å². The number of ether oxygens (including phenoxy) is 2. The second-order valence-corrected chi connectivity index (χ2v) is 15.7. The van der Waals surface area contributed by atoms with Gasteiger partial charge in [-0.05, 0) is 108 Å². The molecule has 2 atom stereocenters. The Balaban J connectivity index is 1.29. The van der Waals surface area contributed by atoms with Crippen molar-refractivity contribution in [2.45, 2.75) is 122 Å². The van der Waals surface area contributed by atoms with E-state index in [2.05, 4.69) is 62.8 Å². The summed E-state index contributed by atoms with van der Waals surface area (Å²) in [7, 11) is 0. The quantitative estimate of drug-likeness (QED) is 0.0447. The molecule has 0 amide bonds. The minimum Gasteiger partial charge on any atom is -0.435 e. The highest BCUT2D eigenvalue weighted by Crippen LogP contribution is 2.40. The van der Waals surface area contributed by atoms with Crippen LogP contribution in [0.15, 0.2) is 122 Å². The van der Waals surface area contributed by atoms with Crippen LogP contribution in [0, 0.1) is 0 Å². The highest BCUT2D eigenvalue weighted by Gasteiger charge is 2.27. The summed E-state index contributed by atoms with van der Waals surface area (Å²) in [6.07, 6.45) is 21.5. The molecular weight excluding hydrogens is 777 g/mol. The lowest BCUT2D eigenvalue weighted by Gasteiger charge is -2.29. The van der Waals surface area contributed by atoms with Crippen LogP contribution in [-0.4, -0.2) is 33.2 Å². The first kappa shape index (κ1) is 44.9. The van der Waals surface area contributed by atoms with Crippen LogP contribution >= 0.6 is 0 Å². The fourth-order valence-corrected chi connectivity index (χ4v) is 7.82. The molecule has 320 valence electrons. The first-order valence-corrected chi connectivity index (χ1v) is 21.7. The van der Waals surface area contributed by atoms with Crippen LogP contribution in [0.1, 0.15) is 117 Å². The molecule has 0 saturated heterocycles. The predicted molar refractivity (Wildman–Crippen MR) is 234 cm³/mol. The number of alkyl halides is 4. The first-order valence-electron chi connectivity index (χ1n) is 21.7. The van der Waals surface area contributed by atoms with Crippen molar-refractivity contribution in [2.75, 3.05) is 0 Å². The normalized spacial score (nSPS) is 12.5. The van der Waals surface area contributed by atoms with Crippen LogP contribution in [0.2, 0.25) is 0 Å². The molecule has 0 bridgehead atoms. The molecule has 61 heavy (non-hydrogen) atoms. The van der Waals surface area contributed by atoms with Gasteiger partial charge < -0.3 is 9.47 Å². The summed E-state index contributed by atoms with van der Waals surface area (Å²) in [5.41, 5.74) is 8.02. The van der Waals surface area contributed by atoms with Crippen molar-refractivity contribution in [3.63, 3.8) is 0 Å². The first-order chi connectivity index (χ1) is 29.8. The van der Waals surface area contributed by atoms with Crippen LogP contribution in [0.3, 0.4) is 0 Å². The Hall–Kier alpha value is -5.64. The topological polar surface area (TPSA) is 70.0 Å².